The highest BCUT2D eigenvalue weighted by atomic mass is 16.5. The van der Waals surface area contributed by atoms with E-state index in [1.165, 1.54) is 11.1 Å². The van der Waals surface area contributed by atoms with E-state index in [9.17, 15) is 9.59 Å². The molecule has 3 heterocycles. The lowest BCUT2D eigenvalue weighted by Crippen LogP contribution is -2.58. The van der Waals surface area contributed by atoms with Crippen molar-refractivity contribution >= 4 is 11.9 Å². The van der Waals surface area contributed by atoms with Crippen LogP contribution in [-0.2, 0) is 22.5 Å². The lowest BCUT2D eigenvalue weighted by Gasteiger charge is -2.41. The van der Waals surface area contributed by atoms with Crippen molar-refractivity contribution in [2.24, 2.45) is 0 Å². The van der Waals surface area contributed by atoms with Crippen LogP contribution in [0.2, 0.25) is 0 Å². The minimum atomic E-state index is -0.110. The molecule has 1 unspecified atom stereocenters. The Morgan fingerprint density at radius 2 is 1.48 bits per heavy atom. The molecular weight excluding hydrogens is 344 g/mol. The van der Waals surface area contributed by atoms with Gasteiger partial charge in [0.05, 0.1) is 19.3 Å². The smallest absolute Gasteiger partial charge is 0.320 e. The summed E-state index contributed by atoms with van der Waals surface area (Å²) in [5.41, 5.74) is 2.58. The first-order valence-corrected chi connectivity index (χ1v) is 9.81. The number of ether oxygens (including phenoxy) is 1. The van der Waals surface area contributed by atoms with E-state index in [-0.39, 0.29) is 18.0 Å². The molecular formula is C20H28N4O3. The summed E-state index contributed by atoms with van der Waals surface area (Å²) in [6.07, 6.45) is 0.762. The van der Waals surface area contributed by atoms with E-state index in [4.69, 9.17) is 4.74 Å². The predicted molar refractivity (Wildman–Crippen MR) is 101 cm³/mol. The van der Waals surface area contributed by atoms with Gasteiger partial charge in [-0.15, -0.1) is 0 Å². The lowest BCUT2D eigenvalue weighted by atomic mass is 9.93. The van der Waals surface area contributed by atoms with Gasteiger partial charge in [0.1, 0.15) is 0 Å². The van der Waals surface area contributed by atoms with Crippen LogP contribution in [0.25, 0.3) is 0 Å². The van der Waals surface area contributed by atoms with Crippen molar-refractivity contribution in [2.75, 3.05) is 59.5 Å². The number of nitrogens with zero attached hydrogens (tertiary/aromatic N) is 4. The number of rotatable bonds is 1. The average molecular weight is 372 g/mol. The van der Waals surface area contributed by atoms with Gasteiger partial charge in [0, 0.05) is 45.8 Å². The number of likely N-dealkylation sites (N-methyl/N-ethyl adjacent to an activating group) is 1. The largest absolute Gasteiger partial charge is 0.378 e. The van der Waals surface area contributed by atoms with Crippen LogP contribution in [-0.4, -0.2) is 97.1 Å². The predicted octanol–water partition coefficient (Wildman–Crippen LogP) is 0.640. The molecule has 1 aromatic carbocycles. The van der Waals surface area contributed by atoms with Crippen LogP contribution in [0.1, 0.15) is 11.1 Å². The van der Waals surface area contributed by atoms with Crippen molar-refractivity contribution in [1.82, 2.24) is 19.6 Å². The monoisotopic (exact) mass is 372 g/mol. The molecule has 0 spiro atoms. The van der Waals surface area contributed by atoms with Gasteiger partial charge >= 0.3 is 6.03 Å². The van der Waals surface area contributed by atoms with Crippen molar-refractivity contribution in [1.29, 1.82) is 0 Å². The Hall–Kier alpha value is -2.12. The Labute approximate surface area is 160 Å². The van der Waals surface area contributed by atoms with E-state index in [0.717, 1.165) is 13.0 Å². The van der Waals surface area contributed by atoms with E-state index in [1.54, 1.807) is 0 Å². The molecule has 3 amide bonds. The van der Waals surface area contributed by atoms with Gasteiger partial charge < -0.3 is 19.4 Å². The lowest BCUT2D eigenvalue weighted by molar-refractivity contribution is -0.138. The van der Waals surface area contributed by atoms with Gasteiger partial charge in [-0.3, -0.25) is 9.69 Å². The third kappa shape index (κ3) is 3.80. The first kappa shape index (κ1) is 18.3. The van der Waals surface area contributed by atoms with Gasteiger partial charge in [0.2, 0.25) is 5.91 Å². The zero-order chi connectivity index (χ0) is 18.8. The molecule has 2 saturated heterocycles. The van der Waals surface area contributed by atoms with Crippen LogP contribution >= 0.6 is 0 Å². The summed E-state index contributed by atoms with van der Waals surface area (Å²) in [4.78, 5) is 33.5. The van der Waals surface area contributed by atoms with Gasteiger partial charge in [0.15, 0.2) is 0 Å². The second-order valence-electron chi connectivity index (χ2n) is 7.60. The third-order valence-electron chi connectivity index (χ3n) is 5.91. The number of hydrogen-bond donors (Lipinski definition) is 0. The molecule has 0 aliphatic carbocycles. The fraction of sp³-hybridized carbons (Fsp3) is 0.600. The van der Waals surface area contributed by atoms with E-state index in [1.807, 2.05) is 27.8 Å². The van der Waals surface area contributed by atoms with Crippen molar-refractivity contribution in [3.63, 3.8) is 0 Å². The van der Waals surface area contributed by atoms with Crippen LogP contribution in [0, 0.1) is 0 Å². The van der Waals surface area contributed by atoms with Gasteiger partial charge in [-0.05, 0) is 24.6 Å². The first-order valence-electron chi connectivity index (χ1n) is 9.81. The normalized spacial score (nSPS) is 23.9. The molecule has 0 aromatic heterocycles. The fourth-order valence-corrected chi connectivity index (χ4v) is 4.21. The van der Waals surface area contributed by atoms with Gasteiger partial charge in [-0.2, -0.15) is 0 Å². The molecule has 146 valence electrons. The molecule has 3 aliphatic heterocycles. The minimum Gasteiger partial charge on any atom is -0.378 e. The summed E-state index contributed by atoms with van der Waals surface area (Å²) in [6, 6.07) is 8.33. The van der Waals surface area contributed by atoms with Crippen LogP contribution in [0.15, 0.2) is 24.3 Å². The number of benzene rings is 1. The number of fused-ring (bicyclic) bond motifs is 1. The van der Waals surface area contributed by atoms with E-state index < -0.39 is 0 Å². The maximum atomic E-state index is 13.1. The number of carbonyl (C=O) groups excluding carboxylic acids is 2. The van der Waals surface area contributed by atoms with Crippen molar-refractivity contribution in [3.05, 3.63) is 35.4 Å². The van der Waals surface area contributed by atoms with Crippen molar-refractivity contribution in [2.45, 2.75) is 19.0 Å². The molecule has 3 aliphatic rings. The summed E-state index contributed by atoms with van der Waals surface area (Å²) in [6.45, 7) is 5.78. The molecule has 2 fully saturated rings. The van der Waals surface area contributed by atoms with Gasteiger partial charge in [-0.1, -0.05) is 24.3 Å². The second-order valence-corrected chi connectivity index (χ2v) is 7.60. The topological polar surface area (TPSA) is 56.3 Å². The molecule has 4 rings (SSSR count). The molecule has 7 heteroatoms. The standard InChI is InChI=1S/C20H28N4O3/c1-21-15-17-5-3-2-4-16(17)14-18(21)19(25)22-6-8-23(9-7-22)20(26)24-10-12-27-13-11-24/h2-5,18H,6-15H2,1H3. The Morgan fingerprint density at radius 1 is 0.889 bits per heavy atom. The molecule has 27 heavy (non-hydrogen) atoms. The molecule has 1 atom stereocenters. The highest BCUT2D eigenvalue weighted by Crippen LogP contribution is 2.23. The summed E-state index contributed by atoms with van der Waals surface area (Å²) in [7, 11) is 2.02. The van der Waals surface area contributed by atoms with Gasteiger partial charge in [0.25, 0.3) is 0 Å². The highest BCUT2D eigenvalue weighted by Gasteiger charge is 2.34. The van der Waals surface area contributed by atoms with Crippen LogP contribution in [0.5, 0.6) is 0 Å². The SMILES string of the molecule is CN1Cc2ccccc2CC1C(=O)N1CCN(C(=O)N2CCOCC2)CC1. The van der Waals surface area contributed by atoms with Crippen LogP contribution in [0.4, 0.5) is 4.79 Å². The zero-order valence-electron chi connectivity index (χ0n) is 16.0. The van der Waals surface area contributed by atoms with Crippen molar-refractivity contribution < 1.29 is 14.3 Å². The van der Waals surface area contributed by atoms with Crippen LogP contribution < -0.4 is 0 Å². The maximum absolute atomic E-state index is 13.1. The van der Waals surface area contributed by atoms with E-state index in [0.29, 0.717) is 52.5 Å². The van der Waals surface area contributed by atoms with Gasteiger partial charge in [-0.25, -0.2) is 4.79 Å². The Balaban J connectivity index is 1.34. The second kappa shape index (κ2) is 7.86. The molecule has 7 nitrogen and oxygen atoms in total. The third-order valence-corrected chi connectivity index (χ3v) is 5.91. The number of piperazine rings is 1. The van der Waals surface area contributed by atoms with E-state index in [2.05, 4.69) is 23.1 Å². The zero-order valence-corrected chi connectivity index (χ0v) is 16.0. The summed E-state index contributed by atoms with van der Waals surface area (Å²) >= 11 is 0. The Kier molecular flexibility index (Phi) is 5.31. The first-order chi connectivity index (χ1) is 13.1. The minimum absolute atomic E-state index is 0.0779. The number of amides is 3. The number of morpholine rings is 1. The van der Waals surface area contributed by atoms with E-state index >= 15 is 0 Å². The van der Waals surface area contributed by atoms with Crippen LogP contribution in [0.3, 0.4) is 0 Å². The molecule has 0 N–H and O–H groups in total. The Morgan fingerprint density at radius 3 is 2.19 bits per heavy atom. The maximum Gasteiger partial charge on any atom is 0.320 e. The summed E-state index contributed by atoms with van der Waals surface area (Å²) in [5.74, 6) is 0.186. The molecule has 1 aromatic rings. The Bertz CT molecular complexity index is 696. The number of hydrogen-bond acceptors (Lipinski definition) is 4. The quantitative estimate of drug-likeness (QED) is 0.726. The fourth-order valence-electron chi connectivity index (χ4n) is 4.21. The summed E-state index contributed by atoms with van der Waals surface area (Å²) in [5, 5.41) is 0. The molecule has 0 saturated carbocycles. The number of carbonyl (C=O) groups is 2. The highest BCUT2D eigenvalue weighted by molar-refractivity contribution is 5.83. The summed E-state index contributed by atoms with van der Waals surface area (Å²) < 4.78 is 5.32. The number of urea groups is 1. The molecule has 0 bridgehead atoms. The van der Waals surface area contributed by atoms with Crippen molar-refractivity contribution in [3.8, 4) is 0 Å². The molecule has 0 radical (unpaired) electrons. The average Bonchev–Trinajstić information content (AvgIpc) is 2.73.